The number of rotatable bonds is 4. The van der Waals surface area contributed by atoms with Gasteiger partial charge in [-0.05, 0) is 18.4 Å². The summed E-state index contributed by atoms with van der Waals surface area (Å²) < 4.78 is 0. The summed E-state index contributed by atoms with van der Waals surface area (Å²) in [5.74, 6) is 0.630. The van der Waals surface area contributed by atoms with E-state index in [0.717, 1.165) is 12.3 Å². The highest BCUT2D eigenvalue weighted by molar-refractivity contribution is 5.93. The number of aromatic nitrogens is 1. The molecule has 0 radical (unpaired) electrons. The molecular formula is C12H16N2O2. The summed E-state index contributed by atoms with van der Waals surface area (Å²) in [7, 11) is 0. The van der Waals surface area contributed by atoms with Gasteiger partial charge in [0.05, 0.1) is 0 Å². The van der Waals surface area contributed by atoms with E-state index in [4.69, 9.17) is 0 Å². The van der Waals surface area contributed by atoms with Gasteiger partial charge >= 0.3 is 0 Å². The first-order chi connectivity index (χ1) is 7.75. The summed E-state index contributed by atoms with van der Waals surface area (Å²) >= 11 is 0. The summed E-state index contributed by atoms with van der Waals surface area (Å²) in [5.41, 5.74) is 0.184. The molecule has 1 heterocycles. The van der Waals surface area contributed by atoms with Crippen LogP contribution in [-0.4, -0.2) is 17.4 Å². The van der Waals surface area contributed by atoms with Gasteiger partial charge in [0.1, 0.15) is 0 Å². The highest BCUT2D eigenvalue weighted by atomic mass is 16.2. The van der Waals surface area contributed by atoms with Gasteiger partial charge in [0.25, 0.3) is 5.91 Å². The Balaban J connectivity index is 1.80. The number of nitrogens with one attached hydrogen (secondary N) is 2. The van der Waals surface area contributed by atoms with Crippen molar-refractivity contribution in [1.29, 1.82) is 0 Å². The molecule has 1 amide bonds. The maximum absolute atomic E-state index is 11.6. The summed E-state index contributed by atoms with van der Waals surface area (Å²) in [6.45, 7) is 0.705. The minimum Gasteiger partial charge on any atom is -0.352 e. The molecule has 0 atom stereocenters. The van der Waals surface area contributed by atoms with Gasteiger partial charge in [0, 0.05) is 24.4 Å². The molecule has 2 N–H and O–H groups in total. The molecular weight excluding hydrogens is 204 g/mol. The number of carbonyl (C=O) groups is 1. The Bertz CT molecular complexity index is 421. The van der Waals surface area contributed by atoms with Crippen LogP contribution < -0.4 is 10.9 Å². The van der Waals surface area contributed by atoms with Crippen LogP contribution in [0, 0.1) is 5.92 Å². The second-order valence-electron chi connectivity index (χ2n) is 4.28. The number of amides is 1. The average Bonchev–Trinajstić information content (AvgIpc) is 2.21. The lowest BCUT2D eigenvalue weighted by atomic mass is 9.83. The summed E-state index contributed by atoms with van der Waals surface area (Å²) in [6.07, 6.45) is 6.45. The standard InChI is InChI=1S/C12H16N2O2/c15-11-8-10(5-7-13-11)12(16)14-6-4-9-2-1-3-9/h5,7-9H,1-4,6H2,(H,13,15)(H,14,16). The summed E-state index contributed by atoms with van der Waals surface area (Å²) in [5, 5.41) is 2.83. The first-order valence-corrected chi connectivity index (χ1v) is 5.72. The highest BCUT2D eigenvalue weighted by Crippen LogP contribution is 2.28. The van der Waals surface area contributed by atoms with Gasteiger partial charge in [-0.15, -0.1) is 0 Å². The van der Waals surface area contributed by atoms with Crippen LogP contribution >= 0.6 is 0 Å². The maximum Gasteiger partial charge on any atom is 0.251 e. The Morgan fingerprint density at radius 3 is 2.94 bits per heavy atom. The van der Waals surface area contributed by atoms with Crippen LogP contribution in [0.1, 0.15) is 36.0 Å². The molecule has 86 valence electrons. The van der Waals surface area contributed by atoms with Crippen molar-refractivity contribution in [2.45, 2.75) is 25.7 Å². The average molecular weight is 220 g/mol. The normalized spacial score (nSPS) is 15.5. The second kappa shape index (κ2) is 4.96. The lowest BCUT2D eigenvalue weighted by Gasteiger charge is -2.25. The fraction of sp³-hybridized carbons (Fsp3) is 0.500. The van der Waals surface area contributed by atoms with E-state index in [9.17, 15) is 9.59 Å². The zero-order valence-electron chi connectivity index (χ0n) is 9.16. The summed E-state index contributed by atoms with van der Waals surface area (Å²) in [6, 6.07) is 2.93. The first kappa shape index (κ1) is 10.9. The largest absolute Gasteiger partial charge is 0.352 e. The molecule has 1 saturated carbocycles. The molecule has 0 spiro atoms. The molecule has 4 nitrogen and oxygen atoms in total. The van der Waals surface area contributed by atoms with Gasteiger partial charge in [0.2, 0.25) is 5.56 Å². The van der Waals surface area contributed by atoms with E-state index in [1.165, 1.54) is 31.5 Å². The number of aromatic amines is 1. The molecule has 0 unspecified atom stereocenters. The van der Waals surface area contributed by atoms with Crippen molar-refractivity contribution in [2.24, 2.45) is 5.92 Å². The lowest BCUT2D eigenvalue weighted by Crippen LogP contribution is -2.28. The zero-order valence-corrected chi connectivity index (χ0v) is 9.16. The molecule has 0 bridgehead atoms. The number of carbonyl (C=O) groups excluding carboxylic acids is 1. The van der Waals surface area contributed by atoms with Crippen molar-refractivity contribution in [3.63, 3.8) is 0 Å². The summed E-state index contributed by atoms with van der Waals surface area (Å²) in [4.78, 5) is 25.1. The van der Waals surface area contributed by atoms with Crippen LogP contribution in [0.5, 0.6) is 0 Å². The molecule has 1 aliphatic rings. The number of H-pyrrole nitrogens is 1. The quantitative estimate of drug-likeness (QED) is 0.803. The van der Waals surface area contributed by atoms with Crippen molar-refractivity contribution < 1.29 is 4.79 Å². The zero-order chi connectivity index (χ0) is 11.4. The van der Waals surface area contributed by atoms with Crippen molar-refractivity contribution in [1.82, 2.24) is 10.3 Å². The van der Waals surface area contributed by atoms with Gasteiger partial charge in [0.15, 0.2) is 0 Å². The van der Waals surface area contributed by atoms with E-state index in [-0.39, 0.29) is 11.5 Å². The van der Waals surface area contributed by atoms with E-state index in [0.29, 0.717) is 12.1 Å². The molecule has 4 heteroatoms. The van der Waals surface area contributed by atoms with E-state index in [1.54, 1.807) is 6.07 Å². The first-order valence-electron chi connectivity index (χ1n) is 5.72. The van der Waals surface area contributed by atoms with Gasteiger partial charge in [-0.2, -0.15) is 0 Å². The fourth-order valence-electron chi connectivity index (χ4n) is 1.86. The van der Waals surface area contributed by atoms with E-state index >= 15 is 0 Å². The minimum atomic E-state index is -0.244. The van der Waals surface area contributed by atoms with Gasteiger partial charge < -0.3 is 10.3 Å². The Kier molecular flexibility index (Phi) is 3.39. The molecule has 1 aromatic heterocycles. The molecule has 0 saturated heterocycles. The van der Waals surface area contributed by atoms with Crippen LogP contribution in [0.2, 0.25) is 0 Å². The van der Waals surface area contributed by atoms with Gasteiger partial charge in [-0.3, -0.25) is 9.59 Å². The Labute approximate surface area is 94.1 Å². The Morgan fingerprint density at radius 1 is 1.50 bits per heavy atom. The van der Waals surface area contributed by atoms with Gasteiger partial charge in [-0.1, -0.05) is 19.3 Å². The lowest BCUT2D eigenvalue weighted by molar-refractivity contribution is 0.0948. The maximum atomic E-state index is 11.6. The second-order valence-corrected chi connectivity index (χ2v) is 4.28. The molecule has 2 rings (SSSR count). The van der Waals surface area contributed by atoms with E-state index in [2.05, 4.69) is 10.3 Å². The minimum absolute atomic E-state index is 0.162. The third-order valence-corrected chi connectivity index (χ3v) is 3.10. The van der Waals surface area contributed by atoms with Crippen LogP contribution in [0.15, 0.2) is 23.1 Å². The molecule has 0 aliphatic heterocycles. The Morgan fingerprint density at radius 2 is 2.31 bits per heavy atom. The van der Waals surface area contributed by atoms with Crippen LogP contribution in [-0.2, 0) is 0 Å². The van der Waals surface area contributed by atoms with Crippen molar-refractivity contribution in [2.75, 3.05) is 6.54 Å². The third-order valence-electron chi connectivity index (χ3n) is 3.10. The van der Waals surface area contributed by atoms with Crippen LogP contribution in [0.3, 0.4) is 0 Å². The number of hydrogen-bond donors (Lipinski definition) is 2. The van der Waals surface area contributed by atoms with Gasteiger partial charge in [-0.25, -0.2) is 0 Å². The predicted octanol–water partition coefficient (Wildman–Crippen LogP) is 1.29. The van der Waals surface area contributed by atoms with E-state index in [1.807, 2.05) is 0 Å². The number of hydrogen-bond acceptors (Lipinski definition) is 2. The molecule has 1 aliphatic carbocycles. The molecule has 1 aromatic rings. The smallest absolute Gasteiger partial charge is 0.251 e. The molecule has 0 aromatic carbocycles. The highest BCUT2D eigenvalue weighted by Gasteiger charge is 2.17. The van der Waals surface area contributed by atoms with Crippen LogP contribution in [0.25, 0.3) is 0 Å². The number of pyridine rings is 1. The van der Waals surface area contributed by atoms with Crippen molar-refractivity contribution in [3.05, 3.63) is 34.2 Å². The third kappa shape index (κ3) is 2.72. The van der Waals surface area contributed by atoms with Crippen molar-refractivity contribution in [3.8, 4) is 0 Å². The predicted molar refractivity (Wildman–Crippen MR) is 61.4 cm³/mol. The topological polar surface area (TPSA) is 62.0 Å². The fourth-order valence-corrected chi connectivity index (χ4v) is 1.86. The Hall–Kier alpha value is -1.58. The van der Waals surface area contributed by atoms with E-state index < -0.39 is 0 Å². The van der Waals surface area contributed by atoms with Crippen LogP contribution in [0.4, 0.5) is 0 Å². The SMILES string of the molecule is O=C(NCCC1CCC1)c1cc[nH]c(=O)c1. The molecule has 1 fully saturated rings. The van der Waals surface area contributed by atoms with Crippen molar-refractivity contribution >= 4 is 5.91 Å². The molecule has 16 heavy (non-hydrogen) atoms. The monoisotopic (exact) mass is 220 g/mol.